The van der Waals surface area contributed by atoms with Gasteiger partial charge in [-0.1, -0.05) is 6.42 Å². The molecule has 0 aromatic carbocycles. The first-order valence-corrected chi connectivity index (χ1v) is 10.7. The quantitative estimate of drug-likeness (QED) is 0.670. The van der Waals surface area contributed by atoms with Crippen LogP contribution >= 0.6 is 11.3 Å². The molecule has 3 aromatic heterocycles. The van der Waals surface area contributed by atoms with Crippen LogP contribution in [0.1, 0.15) is 42.5 Å². The minimum atomic E-state index is 0.222. The normalized spacial score (nSPS) is 17.7. The fourth-order valence-corrected chi connectivity index (χ4v) is 5.71. The Morgan fingerprint density at radius 2 is 2.11 bits per heavy atom. The lowest BCUT2D eigenvalue weighted by Gasteiger charge is -2.42. The summed E-state index contributed by atoms with van der Waals surface area (Å²) in [5.74, 6) is 1.70. The molecule has 2 aliphatic carbocycles. The number of hydrogen-bond donors (Lipinski definition) is 2. The number of pyridine rings is 1. The predicted octanol–water partition coefficient (Wildman–Crippen LogP) is 4.21. The van der Waals surface area contributed by atoms with E-state index >= 15 is 0 Å². The van der Waals surface area contributed by atoms with Crippen molar-refractivity contribution in [3.8, 4) is 11.4 Å². The largest absolute Gasteiger partial charge is 0.396 e. The molecule has 0 bridgehead atoms. The van der Waals surface area contributed by atoms with Crippen LogP contribution < -0.4 is 5.32 Å². The molecule has 1 saturated carbocycles. The highest BCUT2D eigenvalue weighted by molar-refractivity contribution is 7.19. The molecule has 2 aliphatic rings. The zero-order valence-electron chi connectivity index (χ0n) is 15.4. The first-order chi connectivity index (χ1) is 13.3. The molecule has 6 heteroatoms. The SMILES string of the molecule is OCCC1(CNc2nc(-c3cccnc3)nc3sc4c(c23)CCC4)CCC1. The van der Waals surface area contributed by atoms with Crippen LogP contribution in [0.3, 0.4) is 0 Å². The highest BCUT2D eigenvalue weighted by atomic mass is 32.1. The average Bonchev–Trinajstić information content (AvgIpc) is 3.25. The molecule has 3 aromatic rings. The highest BCUT2D eigenvalue weighted by Crippen LogP contribution is 2.45. The smallest absolute Gasteiger partial charge is 0.164 e. The lowest BCUT2D eigenvalue weighted by Crippen LogP contribution is -2.37. The number of fused-ring (bicyclic) bond motifs is 3. The Morgan fingerprint density at radius 3 is 2.85 bits per heavy atom. The van der Waals surface area contributed by atoms with E-state index in [0.717, 1.165) is 47.8 Å². The van der Waals surface area contributed by atoms with Gasteiger partial charge in [-0.05, 0) is 61.6 Å². The van der Waals surface area contributed by atoms with Gasteiger partial charge in [-0.3, -0.25) is 4.98 Å². The van der Waals surface area contributed by atoms with Gasteiger partial charge in [-0.2, -0.15) is 0 Å². The first kappa shape index (κ1) is 17.1. The Kier molecular flexibility index (Phi) is 4.32. The lowest BCUT2D eigenvalue weighted by atomic mass is 9.67. The number of nitrogens with zero attached hydrogens (tertiary/aromatic N) is 3. The zero-order valence-corrected chi connectivity index (χ0v) is 16.2. The van der Waals surface area contributed by atoms with Crippen LogP contribution in [0.15, 0.2) is 24.5 Å². The van der Waals surface area contributed by atoms with Gasteiger partial charge in [0.1, 0.15) is 10.6 Å². The molecule has 5 nitrogen and oxygen atoms in total. The zero-order chi connectivity index (χ0) is 18.3. The fourth-order valence-electron chi connectivity index (χ4n) is 4.45. The van der Waals surface area contributed by atoms with Crippen molar-refractivity contribution in [2.75, 3.05) is 18.5 Å². The fraction of sp³-hybridized carbons (Fsp3) is 0.476. The van der Waals surface area contributed by atoms with Crippen molar-refractivity contribution in [1.82, 2.24) is 15.0 Å². The third kappa shape index (κ3) is 3.01. The topological polar surface area (TPSA) is 70.9 Å². The van der Waals surface area contributed by atoms with E-state index in [9.17, 15) is 5.11 Å². The summed E-state index contributed by atoms with van der Waals surface area (Å²) in [4.78, 5) is 16.6. The second kappa shape index (κ2) is 6.84. The van der Waals surface area contributed by atoms with Gasteiger partial charge >= 0.3 is 0 Å². The Morgan fingerprint density at radius 1 is 1.19 bits per heavy atom. The summed E-state index contributed by atoms with van der Waals surface area (Å²) < 4.78 is 0. The minimum Gasteiger partial charge on any atom is -0.396 e. The summed E-state index contributed by atoms with van der Waals surface area (Å²) in [6.07, 6.45) is 11.6. The van der Waals surface area contributed by atoms with E-state index < -0.39 is 0 Å². The van der Waals surface area contributed by atoms with Gasteiger partial charge in [0.15, 0.2) is 5.82 Å². The van der Waals surface area contributed by atoms with E-state index in [2.05, 4.69) is 10.3 Å². The highest BCUT2D eigenvalue weighted by Gasteiger charge is 2.36. The number of aryl methyl sites for hydroxylation is 2. The number of aromatic nitrogens is 3. The van der Waals surface area contributed by atoms with Gasteiger partial charge in [-0.25, -0.2) is 9.97 Å². The van der Waals surface area contributed by atoms with E-state index in [4.69, 9.17) is 9.97 Å². The molecule has 0 amide bonds. The van der Waals surface area contributed by atoms with Crippen LogP contribution in [0, 0.1) is 5.41 Å². The average molecular weight is 381 g/mol. The molecule has 0 saturated heterocycles. The van der Waals surface area contributed by atoms with E-state index in [1.54, 1.807) is 6.20 Å². The van der Waals surface area contributed by atoms with Crippen LogP contribution in [-0.4, -0.2) is 33.2 Å². The summed E-state index contributed by atoms with van der Waals surface area (Å²) in [7, 11) is 0. The Balaban J connectivity index is 1.56. The van der Waals surface area contributed by atoms with Crippen molar-refractivity contribution in [3.05, 3.63) is 35.0 Å². The van der Waals surface area contributed by atoms with Crippen LogP contribution in [-0.2, 0) is 12.8 Å². The van der Waals surface area contributed by atoms with E-state index in [-0.39, 0.29) is 12.0 Å². The van der Waals surface area contributed by atoms with Crippen LogP contribution in [0.5, 0.6) is 0 Å². The molecule has 0 atom stereocenters. The van der Waals surface area contributed by atoms with Crippen molar-refractivity contribution in [2.24, 2.45) is 5.41 Å². The number of anilines is 1. The molecule has 1 fully saturated rings. The molecule has 0 aliphatic heterocycles. The lowest BCUT2D eigenvalue weighted by molar-refractivity contribution is 0.102. The van der Waals surface area contributed by atoms with Gasteiger partial charge < -0.3 is 10.4 Å². The van der Waals surface area contributed by atoms with E-state index in [1.165, 1.54) is 41.5 Å². The maximum Gasteiger partial charge on any atom is 0.164 e. The molecular weight excluding hydrogens is 356 g/mol. The Bertz CT molecular complexity index is 965. The van der Waals surface area contributed by atoms with Crippen LogP contribution in [0.4, 0.5) is 5.82 Å². The molecule has 0 radical (unpaired) electrons. The van der Waals surface area contributed by atoms with Crippen molar-refractivity contribution in [2.45, 2.75) is 44.9 Å². The second-order valence-electron chi connectivity index (χ2n) is 7.86. The van der Waals surface area contributed by atoms with Gasteiger partial charge in [0.2, 0.25) is 0 Å². The molecule has 140 valence electrons. The van der Waals surface area contributed by atoms with Gasteiger partial charge in [0.05, 0.1) is 5.39 Å². The summed E-state index contributed by atoms with van der Waals surface area (Å²) in [6, 6.07) is 3.94. The Hall–Kier alpha value is -2.05. The van der Waals surface area contributed by atoms with Crippen LogP contribution in [0.25, 0.3) is 21.6 Å². The van der Waals surface area contributed by atoms with E-state index in [1.807, 2.05) is 29.7 Å². The molecule has 0 spiro atoms. The van der Waals surface area contributed by atoms with Crippen molar-refractivity contribution in [3.63, 3.8) is 0 Å². The van der Waals surface area contributed by atoms with Crippen LogP contribution in [0.2, 0.25) is 0 Å². The van der Waals surface area contributed by atoms with Crippen molar-refractivity contribution in [1.29, 1.82) is 0 Å². The molecule has 5 rings (SSSR count). The maximum atomic E-state index is 9.46. The number of aliphatic hydroxyl groups excluding tert-OH is 1. The first-order valence-electron chi connectivity index (χ1n) is 9.85. The molecule has 3 heterocycles. The predicted molar refractivity (Wildman–Crippen MR) is 109 cm³/mol. The molecule has 27 heavy (non-hydrogen) atoms. The summed E-state index contributed by atoms with van der Waals surface area (Å²) in [5.41, 5.74) is 2.62. The van der Waals surface area contributed by atoms with Gasteiger partial charge in [0, 0.05) is 36.0 Å². The molecule has 0 unspecified atom stereocenters. The third-order valence-corrected chi connectivity index (χ3v) is 7.36. The molecular formula is C21H24N4OS. The van der Waals surface area contributed by atoms with E-state index in [0.29, 0.717) is 0 Å². The summed E-state index contributed by atoms with van der Waals surface area (Å²) >= 11 is 1.82. The minimum absolute atomic E-state index is 0.222. The van der Waals surface area contributed by atoms with Gasteiger partial charge in [-0.15, -0.1) is 11.3 Å². The third-order valence-electron chi connectivity index (χ3n) is 6.17. The van der Waals surface area contributed by atoms with Crippen molar-refractivity contribution >= 4 is 27.4 Å². The standard InChI is InChI=1S/C21H24N4OS/c26-11-9-21(7-3-8-21)13-23-19-17-15-5-1-6-16(15)27-20(17)25-18(24-19)14-4-2-10-22-12-14/h2,4,10,12,26H,1,3,5-9,11,13H2,(H,23,24,25). The second-order valence-corrected chi connectivity index (χ2v) is 8.94. The van der Waals surface area contributed by atoms with Crippen molar-refractivity contribution < 1.29 is 5.11 Å². The maximum absolute atomic E-state index is 9.46. The monoisotopic (exact) mass is 380 g/mol. The number of rotatable bonds is 6. The number of hydrogen-bond acceptors (Lipinski definition) is 6. The number of thiophene rings is 1. The van der Waals surface area contributed by atoms with Gasteiger partial charge in [0.25, 0.3) is 0 Å². The molecule has 2 N–H and O–H groups in total. The Labute approximate surface area is 162 Å². The number of aliphatic hydroxyl groups is 1. The summed E-state index contributed by atoms with van der Waals surface area (Å²) in [6.45, 7) is 1.13. The summed E-state index contributed by atoms with van der Waals surface area (Å²) in [5, 5.41) is 14.3. The number of nitrogens with one attached hydrogen (secondary N) is 1.